The minimum atomic E-state index is -3.83. The molecule has 0 bridgehead atoms. The molecule has 2 saturated heterocycles. The minimum Gasteiger partial charge on any atom is -0.444 e. The molecular weight excluding hydrogens is 664 g/mol. The van der Waals surface area contributed by atoms with Crippen LogP contribution in [0.5, 0.6) is 0 Å². The fourth-order valence-corrected chi connectivity index (χ4v) is 7.21. The van der Waals surface area contributed by atoms with Gasteiger partial charge in [-0.3, -0.25) is 14.4 Å². The SMILES string of the molecule is CS(=O)(=O)N[C@H](CCc1ccccc1)C(=O)N1C[C@H](OC(=O)N2CCCCC2)C[C@H]1C(=O)N[C@@H](CCCCN)C(=O)c1nc2ccccc2o1. The van der Waals surface area contributed by atoms with Crippen molar-refractivity contribution in [3.8, 4) is 0 Å². The molecule has 2 aliphatic rings. The van der Waals surface area contributed by atoms with Gasteiger partial charge >= 0.3 is 6.09 Å². The van der Waals surface area contributed by atoms with Crippen molar-refractivity contribution in [3.05, 3.63) is 66.1 Å². The molecule has 0 radical (unpaired) electrons. The van der Waals surface area contributed by atoms with E-state index in [0.29, 0.717) is 50.0 Å². The van der Waals surface area contributed by atoms with Gasteiger partial charge in [0, 0.05) is 19.5 Å². The Morgan fingerprint density at radius 3 is 2.40 bits per heavy atom. The number of carbonyl (C=O) groups excluding carboxylic acids is 4. The van der Waals surface area contributed by atoms with Gasteiger partial charge in [-0.05, 0) is 75.6 Å². The Balaban J connectivity index is 1.39. The summed E-state index contributed by atoms with van der Waals surface area (Å²) in [5, 5.41) is 2.81. The second-order valence-corrected chi connectivity index (χ2v) is 14.7. The number of amides is 3. The molecule has 0 aliphatic carbocycles. The zero-order chi connectivity index (χ0) is 35.7. The number of carbonyl (C=O) groups is 4. The van der Waals surface area contributed by atoms with Crippen molar-refractivity contribution in [1.29, 1.82) is 0 Å². The van der Waals surface area contributed by atoms with E-state index < -0.39 is 57.9 Å². The number of aryl methyl sites for hydroxylation is 1. The van der Waals surface area contributed by atoms with Crippen molar-refractivity contribution in [2.45, 2.75) is 82.0 Å². The third kappa shape index (κ3) is 9.88. The van der Waals surface area contributed by atoms with Crippen LogP contribution in [0.25, 0.3) is 11.1 Å². The lowest BCUT2D eigenvalue weighted by molar-refractivity contribution is -0.140. The standard InChI is InChI=1S/C35H46N6O8S/c1-50(46,47)39-28(18-17-24-12-4-2-5-13-24)34(44)41-23-25(48-35(45)40-20-10-3-11-21-40)22-29(41)32(43)37-27(15-8-9-19-36)31(42)33-38-26-14-6-7-16-30(26)49-33/h2,4-7,12-14,16,25,27-29,39H,3,8-11,15,17-23,36H2,1H3,(H,37,43)/t25-,27+,28-,29+/m1/s1. The largest absolute Gasteiger partial charge is 0.444 e. The maximum absolute atomic E-state index is 14.2. The second kappa shape index (κ2) is 17.1. The third-order valence-electron chi connectivity index (χ3n) is 9.03. The van der Waals surface area contributed by atoms with Gasteiger partial charge in [-0.1, -0.05) is 42.5 Å². The van der Waals surface area contributed by atoms with E-state index in [-0.39, 0.29) is 31.7 Å². The van der Waals surface area contributed by atoms with E-state index in [1.165, 1.54) is 4.90 Å². The third-order valence-corrected chi connectivity index (χ3v) is 9.75. The Hall–Kier alpha value is -4.34. The number of fused-ring (bicyclic) bond motifs is 1. The summed E-state index contributed by atoms with van der Waals surface area (Å²) in [6.45, 7) is 1.38. The highest BCUT2D eigenvalue weighted by atomic mass is 32.2. The fourth-order valence-electron chi connectivity index (χ4n) is 6.47. The molecule has 2 fully saturated rings. The quantitative estimate of drug-likeness (QED) is 0.156. The number of para-hydroxylation sites is 2. The number of nitrogens with two attached hydrogens (primary N) is 1. The molecule has 5 rings (SSSR count). The number of aromatic nitrogens is 1. The van der Waals surface area contributed by atoms with Crippen molar-refractivity contribution in [3.63, 3.8) is 0 Å². The van der Waals surface area contributed by atoms with E-state index in [1.807, 2.05) is 30.3 Å². The number of piperidine rings is 1. The summed E-state index contributed by atoms with van der Waals surface area (Å²) in [5.41, 5.74) is 7.53. The lowest BCUT2D eigenvalue weighted by Gasteiger charge is -2.29. The number of ketones is 1. The minimum absolute atomic E-state index is 0.0337. The maximum Gasteiger partial charge on any atom is 0.410 e. The van der Waals surface area contributed by atoms with E-state index in [2.05, 4.69) is 15.0 Å². The van der Waals surface area contributed by atoms with Crippen molar-refractivity contribution in [1.82, 2.24) is 24.8 Å². The molecule has 3 amide bonds. The highest BCUT2D eigenvalue weighted by Crippen LogP contribution is 2.25. The molecule has 2 aliphatic heterocycles. The van der Waals surface area contributed by atoms with Crippen molar-refractivity contribution < 1.29 is 36.7 Å². The maximum atomic E-state index is 14.2. The zero-order valence-corrected chi connectivity index (χ0v) is 29.1. The van der Waals surface area contributed by atoms with E-state index in [0.717, 1.165) is 31.1 Å². The Morgan fingerprint density at radius 1 is 0.980 bits per heavy atom. The highest BCUT2D eigenvalue weighted by molar-refractivity contribution is 7.88. The first kappa shape index (κ1) is 36.9. The molecule has 4 N–H and O–H groups in total. The van der Waals surface area contributed by atoms with Gasteiger partial charge in [-0.2, -0.15) is 0 Å². The average molecular weight is 711 g/mol. The summed E-state index contributed by atoms with van der Waals surface area (Å²) < 4.78 is 38.8. The number of Topliss-reactive ketones (excluding diaryl/α,β-unsaturated/α-hetero) is 1. The normalized spacial score (nSPS) is 19.2. The Labute approximate surface area is 292 Å². The Bertz CT molecular complexity index is 1710. The zero-order valence-electron chi connectivity index (χ0n) is 28.3. The van der Waals surface area contributed by atoms with E-state index in [9.17, 15) is 27.6 Å². The van der Waals surface area contributed by atoms with Crippen molar-refractivity contribution >= 4 is 44.8 Å². The van der Waals surface area contributed by atoms with Crippen LogP contribution in [0.2, 0.25) is 0 Å². The monoisotopic (exact) mass is 710 g/mol. The summed E-state index contributed by atoms with van der Waals surface area (Å²) in [6, 6.07) is 12.8. The second-order valence-electron chi connectivity index (χ2n) is 13.0. The van der Waals surface area contributed by atoms with Gasteiger partial charge in [-0.15, -0.1) is 0 Å². The fraction of sp³-hybridized carbons (Fsp3) is 0.514. The van der Waals surface area contributed by atoms with Crippen LogP contribution in [0.4, 0.5) is 4.79 Å². The number of ether oxygens (including phenoxy) is 1. The van der Waals surface area contributed by atoms with Crippen LogP contribution in [0.15, 0.2) is 59.0 Å². The van der Waals surface area contributed by atoms with Crippen LogP contribution in [0.1, 0.15) is 67.6 Å². The van der Waals surface area contributed by atoms with Gasteiger partial charge in [0.1, 0.15) is 23.7 Å². The first-order chi connectivity index (χ1) is 24.0. The smallest absolute Gasteiger partial charge is 0.410 e. The molecule has 0 saturated carbocycles. The summed E-state index contributed by atoms with van der Waals surface area (Å²) in [6.07, 6.45) is 4.19. The predicted molar refractivity (Wildman–Crippen MR) is 186 cm³/mol. The first-order valence-electron chi connectivity index (χ1n) is 17.2. The number of rotatable bonds is 15. The Morgan fingerprint density at radius 2 is 1.70 bits per heavy atom. The molecular formula is C35H46N6O8S. The van der Waals surface area contributed by atoms with E-state index in [4.69, 9.17) is 14.9 Å². The average Bonchev–Trinajstić information content (AvgIpc) is 3.74. The van der Waals surface area contributed by atoms with E-state index in [1.54, 1.807) is 29.2 Å². The molecule has 270 valence electrons. The Kier molecular flexibility index (Phi) is 12.6. The van der Waals surface area contributed by atoms with Gasteiger partial charge in [0.2, 0.25) is 27.6 Å². The topological polar surface area (TPSA) is 194 Å². The van der Waals surface area contributed by atoms with E-state index >= 15 is 0 Å². The predicted octanol–water partition coefficient (Wildman–Crippen LogP) is 2.77. The van der Waals surface area contributed by atoms with Gasteiger partial charge in [-0.25, -0.2) is 22.9 Å². The van der Waals surface area contributed by atoms with Gasteiger partial charge in [0.25, 0.3) is 5.89 Å². The number of hydrogen-bond acceptors (Lipinski definition) is 10. The van der Waals surface area contributed by atoms with Crippen LogP contribution in [-0.2, 0) is 30.8 Å². The number of oxazole rings is 1. The lowest BCUT2D eigenvalue weighted by atomic mass is 10.0. The van der Waals surface area contributed by atoms with Crippen molar-refractivity contribution in [2.75, 3.05) is 32.4 Å². The molecule has 14 nitrogen and oxygen atoms in total. The van der Waals surface area contributed by atoms with Crippen LogP contribution >= 0.6 is 0 Å². The molecule has 0 unspecified atom stereocenters. The molecule has 3 heterocycles. The molecule has 15 heteroatoms. The van der Waals surface area contributed by atoms with Gasteiger partial charge < -0.3 is 30.0 Å². The van der Waals surface area contributed by atoms with Gasteiger partial charge in [0.05, 0.1) is 18.8 Å². The number of hydrogen-bond donors (Lipinski definition) is 3. The highest BCUT2D eigenvalue weighted by Gasteiger charge is 2.45. The number of likely N-dealkylation sites (tertiary alicyclic amines) is 2. The summed E-state index contributed by atoms with van der Waals surface area (Å²) in [4.78, 5) is 62.3. The number of sulfonamides is 1. The molecule has 4 atom stereocenters. The molecule has 0 spiro atoms. The molecule has 2 aromatic carbocycles. The number of nitrogens with zero attached hydrogens (tertiary/aromatic N) is 3. The van der Waals surface area contributed by atoms with Gasteiger partial charge in [0.15, 0.2) is 5.58 Å². The van der Waals surface area contributed by atoms with Crippen molar-refractivity contribution in [2.24, 2.45) is 5.73 Å². The summed E-state index contributed by atoms with van der Waals surface area (Å²) >= 11 is 0. The summed E-state index contributed by atoms with van der Waals surface area (Å²) in [7, 11) is -3.83. The van der Waals surface area contributed by atoms with Crippen LogP contribution < -0.4 is 15.8 Å². The first-order valence-corrected chi connectivity index (χ1v) is 19.1. The summed E-state index contributed by atoms with van der Waals surface area (Å²) in [5.74, 6) is -1.96. The molecule has 50 heavy (non-hydrogen) atoms. The van der Waals surface area contributed by atoms with Crippen LogP contribution in [0.3, 0.4) is 0 Å². The number of unbranched alkanes of at least 4 members (excludes halogenated alkanes) is 1. The van der Waals surface area contributed by atoms with Crippen LogP contribution in [-0.4, -0.2) is 104 Å². The number of benzene rings is 2. The number of nitrogens with one attached hydrogen (secondary N) is 2. The molecule has 1 aromatic heterocycles. The van der Waals surface area contributed by atoms with Crippen LogP contribution in [0, 0.1) is 0 Å². The molecule has 3 aromatic rings. The lowest BCUT2D eigenvalue weighted by Crippen LogP contribution is -2.55.